The van der Waals surface area contributed by atoms with Gasteiger partial charge in [0.15, 0.2) is 5.69 Å². The van der Waals surface area contributed by atoms with Gasteiger partial charge in [0.2, 0.25) is 0 Å². The average molecular weight is 279 g/mol. The maximum absolute atomic E-state index is 12.6. The van der Waals surface area contributed by atoms with Gasteiger partial charge in [0.1, 0.15) is 5.82 Å². The molecule has 0 aliphatic rings. The normalized spacial score (nSPS) is 12.7. The quantitative estimate of drug-likeness (QED) is 0.636. The second kappa shape index (κ2) is 6.65. The molecule has 6 nitrogen and oxygen atoms in total. The van der Waals surface area contributed by atoms with Gasteiger partial charge < -0.3 is 10.3 Å². The lowest BCUT2D eigenvalue weighted by atomic mass is 10.0. The molecule has 0 spiro atoms. The Kier molecular flexibility index (Phi) is 5.44. The van der Waals surface area contributed by atoms with Crippen LogP contribution in [0.1, 0.15) is 56.8 Å². The molecule has 0 aliphatic heterocycles. The topological polar surface area (TPSA) is 84.1 Å². The van der Waals surface area contributed by atoms with Gasteiger partial charge in [0, 0.05) is 19.0 Å². The fraction of sp³-hybridized carbons (Fsp3) is 0.643. The van der Waals surface area contributed by atoms with E-state index in [0.29, 0.717) is 23.1 Å². The van der Waals surface area contributed by atoms with Crippen molar-refractivity contribution in [1.29, 1.82) is 0 Å². The molecule has 1 aromatic heterocycles. The minimum absolute atomic E-state index is 0.116. The fourth-order valence-corrected chi connectivity index (χ4v) is 1.74. The van der Waals surface area contributed by atoms with E-state index in [4.69, 9.17) is 5.84 Å². The Morgan fingerprint density at radius 3 is 2.35 bits per heavy atom. The Morgan fingerprint density at radius 1 is 1.30 bits per heavy atom. The van der Waals surface area contributed by atoms with Gasteiger partial charge in [-0.05, 0) is 12.8 Å². The molecule has 0 bridgehead atoms. The van der Waals surface area contributed by atoms with E-state index in [9.17, 15) is 4.79 Å². The second-order valence-corrected chi connectivity index (χ2v) is 5.69. The maximum atomic E-state index is 12.6. The van der Waals surface area contributed by atoms with Gasteiger partial charge in [0.05, 0.1) is 11.9 Å². The molecule has 6 heteroatoms. The lowest BCUT2D eigenvalue weighted by Gasteiger charge is -2.28. The van der Waals surface area contributed by atoms with Crippen molar-refractivity contribution in [3.05, 3.63) is 17.7 Å². The highest BCUT2D eigenvalue weighted by Crippen LogP contribution is 2.19. The lowest BCUT2D eigenvalue weighted by molar-refractivity contribution is 0.0701. The van der Waals surface area contributed by atoms with Crippen LogP contribution in [0.25, 0.3) is 0 Å². The molecule has 1 rings (SSSR count). The van der Waals surface area contributed by atoms with Gasteiger partial charge in [-0.25, -0.2) is 9.97 Å². The van der Waals surface area contributed by atoms with Gasteiger partial charge >= 0.3 is 0 Å². The van der Waals surface area contributed by atoms with Crippen molar-refractivity contribution in [3.63, 3.8) is 0 Å². The zero-order valence-corrected chi connectivity index (χ0v) is 13.1. The van der Waals surface area contributed by atoms with Gasteiger partial charge in [-0.2, -0.15) is 0 Å². The molecule has 0 aromatic carbocycles. The molecule has 3 N–H and O–H groups in total. The SMILES string of the molecule is CC(C)c1ncc(NN)c(C(=O)N(C)C(C)C(C)C)n1. The van der Waals surface area contributed by atoms with Crippen molar-refractivity contribution in [2.45, 2.75) is 46.6 Å². The highest BCUT2D eigenvalue weighted by molar-refractivity contribution is 5.97. The Hall–Kier alpha value is -1.69. The molecular weight excluding hydrogens is 254 g/mol. The molecule has 0 saturated carbocycles. The largest absolute Gasteiger partial charge is 0.337 e. The van der Waals surface area contributed by atoms with Crippen LogP contribution >= 0.6 is 0 Å². The number of hydrogen-bond donors (Lipinski definition) is 2. The van der Waals surface area contributed by atoms with E-state index in [2.05, 4.69) is 29.2 Å². The minimum atomic E-state index is -0.150. The molecular formula is C14H25N5O. The molecule has 0 aliphatic carbocycles. The molecule has 1 heterocycles. The van der Waals surface area contributed by atoms with Crippen LogP contribution in [0, 0.1) is 5.92 Å². The molecule has 1 aromatic rings. The number of carbonyl (C=O) groups is 1. The van der Waals surface area contributed by atoms with Crippen LogP contribution in [0.4, 0.5) is 5.69 Å². The predicted octanol–water partition coefficient (Wildman–Crippen LogP) is 2.00. The van der Waals surface area contributed by atoms with Crippen molar-refractivity contribution >= 4 is 11.6 Å². The molecule has 1 unspecified atom stereocenters. The maximum Gasteiger partial charge on any atom is 0.274 e. The smallest absolute Gasteiger partial charge is 0.274 e. The van der Waals surface area contributed by atoms with Crippen molar-refractivity contribution < 1.29 is 4.79 Å². The van der Waals surface area contributed by atoms with Crippen LogP contribution in [-0.2, 0) is 0 Å². The summed E-state index contributed by atoms with van der Waals surface area (Å²) in [4.78, 5) is 22.8. The first kappa shape index (κ1) is 16.4. The Bertz CT molecular complexity index is 473. The molecule has 1 atom stereocenters. The van der Waals surface area contributed by atoms with E-state index in [0.717, 1.165) is 0 Å². The van der Waals surface area contributed by atoms with E-state index < -0.39 is 0 Å². The molecule has 0 saturated heterocycles. The van der Waals surface area contributed by atoms with Crippen LogP contribution in [-0.4, -0.2) is 33.9 Å². The number of amides is 1. The van der Waals surface area contributed by atoms with E-state index in [1.807, 2.05) is 20.8 Å². The first-order valence-corrected chi connectivity index (χ1v) is 6.90. The summed E-state index contributed by atoms with van der Waals surface area (Å²) in [5, 5.41) is 0. The monoisotopic (exact) mass is 279 g/mol. The number of nitrogens with zero attached hydrogens (tertiary/aromatic N) is 3. The van der Waals surface area contributed by atoms with E-state index in [1.54, 1.807) is 18.1 Å². The number of nitrogens with one attached hydrogen (secondary N) is 1. The van der Waals surface area contributed by atoms with Crippen LogP contribution < -0.4 is 11.3 Å². The van der Waals surface area contributed by atoms with Crippen molar-refractivity contribution in [3.8, 4) is 0 Å². The van der Waals surface area contributed by atoms with Crippen molar-refractivity contribution in [2.24, 2.45) is 11.8 Å². The number of nitrogens with two attached hydrogens (primary N) is 1. The van der Waals surface area contributed by atoms with Crippen molar-refractivity contribution in [1.82, 2.24) is 14.9 Å². The van der Waals surface area contributed by atoms with Crippen LogP contribution in [0.15, 0.2) is 6.20 Å². The number of anilines is 1. The number of hydrazine groups is 1. The third kappa shape index (κ3) is 3.45. The summed E-state index contributed by atoms with van der Waals surface area (Å²) in [6, 6.07) is 0.116. The van der Waals surface area contributed by atoms with E-state index >= 15 is 0 Å². The average Bonchev–Trinajstić information content (AvgIpc) is 2.43. The van der Waals surface area contributed by atoms with Crippen LogP contribution in [0.5, 0.6) is 0 Å². The number of rotatable bonds is 5. The predicted molar refractivity (Wildman–Crippen MR) is 80.3 cm³/mol. The van der Waals surface area contributed by atoms with Crippen LogP contribution in [0.3, 0.4) is 0 Å². The Balaban J connectivity index is 3.16. The molecule has 20 heavy (non-hydrogen) atoms. The molecule has 0 fully saturated rings. The molecule has 1 amide bonds. The Morgan fingerprint density at radius 2 is 1.90 bits per heavy atom. The number of nitrogen functional groups attached to an aromatic ring is 1. The third-order valence-corrected chi connectivity index (χ3v) is 3.58. The fourth-order valence-electron chi connectivity index (χ4n) is 1.74. The Labute approximate surface area is 120 Å². The van der Waals surface area contributed by atoms with E-state index in [1.165, 1.54) is 0 Å². The highest BCUT2D eigenvalue weighted by atomic mass is 16.2. The summed E-state index contributed by atoms with van der Waals surface area (Å²) >= 11 is 0. The van der Waals surface area contributed by atoms with Gasteiger partial charge in [-0.1, -0.05) is 27.7 Å². The summed E-state index contributed by atoms with van der Waals surface area (Å²) < 4.78 is 0. The molecule has 0 radical (unpaired) electrons. The summed E-state index contributed by atoms with van der Waals surface area (Å²) in [7, 11) is 1.78. The van der Waals surface area contributed by atoms with Crippen molar-refractivity contribution in [2.75, 3.05) is 12.5 Å². The first-order valence-electron chi connectivity index (χ1n) is 6.90. The summed E-state index contributed by atoms with van der Waals surface area (Å²) in [6.45, 7) is 10.1. The number of aromatic nitrogens is 2. The number of hydrogen-bond acceptors (Lipinski definition) is 5. The van der Waals surface area contributed by atoms with E-state index in [-0.39, 0.29) is 17.9 Å². The zero-order chi connectivity index (χ0) is 15.4. The van der Waals surface area contributed by atoms with Gasteiger partial charge in [0.25, 0.3) is 5.91 Å². The molecule has 112 valence electrons. The standard InChI is InChI=1S/C14H25N5O/c1-8(2)10(5)19(6)14(20)12-11(18-15)7-16-13(17-12)9(3)4/h7-10,18H,15H2,1-6H3. The van der Waals surface area contributed by atoms with Gasteiger partial charge in [-0.3, -0.25) is 10.6 Å². The zero-order valence-electron chi connectivity index (χ0n) is 13.1. The van der Waals surface area contributed by atoms with Gasteiger partial charge in [-0.15, -0.1) is 0 Å². The summed E-state index contributed by atoms with van der Waals surface area (Å²) in [5.41, 5.74) is 3.26. The number of carbonyl (C=O) groups excluding carboxylic acids is 1. The van der Waals surface area contributed by atoms with Crippen LogP contribution in [0.2, 0.25) is 0 Å². The first-order chi connectivity index (χ1) is 9.29. The third-order valence-electron chi connectivity index (χ3n) is 3.58. The lowest BCUT2D eigenvalue weighted by Crippen LogP contribution is -2.39. The highest BCUT2D eigenvalue weighted by Gasteiger charge is 2.24. The minimum Gasteiger partial charge on any atom is -0.337 e. The summed E-state index contributed by atoms with van der Waals surface area (Å²) in [5.74, 6) is 6.46. The second-order valence-electron chi connectivity index (χ2n) is 5.69. The summed E-state index contributed by atoms with van der Waals surface area (Å²) in [6.07, 6.45) is 1.56.